The molecule has 3 aliphatic rings. The van der Waals surface area contributed by atoms with Crippen LogP contribution in [0.4, 0.5) is 4.79 Å². The minimum Gasteiger partial charge on any atom is -0.481 e. The maximum Gasteiger partial charge on any atom is 0.407 e. The summed E-state index contributed by atoms with van der Waals surface area (Å²) in [5, 5.41) is 12.0. The molecule has 0 bridgehead atoms. The number of benzene rings is 2. The highest BCUT2D eigenvalue weighted by atomic mass is 16.5. The molecular weight excluding hydrogens is 432 g/mol. The van der Waals surface area contributed by atoms with Gasteiger partial charge in [0.25, 0.3) is 0 Å². The summed E-state index contributed by atoms with van der Waals surface area (Å²) in [5.41, 5.74) is 4.03. The number of alkyl carbamates (subject to hydrolysis) is 1. The highest BCUT2D eigenvalue weighted by Crippen LogP contribution is 2.48. The lowest BCUT2D eigenvalue weighted by atomic mass is 9.95. The number of likely N-dealkylation sites (tertiary alicyclic amines) is 1. The van der Waals surface area contributed by atoms with Gasteiger partial charge in [-0.1, -0.05) is 48.5 Å². The summed E-state index contributed by atoms with van der Waals surface area (Å²) in [6, 6.07) is 16.1. The number of amides is 2. The average Bonchev–Trinajstić information content (AvgIpc) is 3.58. The van der Waals surface area contributed by atoms with Crippen LogP contribution in [0.5, 0.6) is 0 Å². The minimum atomic E-state index is -0.883. The predicted molar refractivity (Wildman–Crippen MR) is 126 cm³/mol. The van der Waals surface area contributed by atoms with E-state index in [4.69, 9.17) is 4.74 Å². The van der Waals surface area contributed by atoms with E-state index >= 15 is 0 Å². The van der Waals surface area contributed by atoms with Gasteiger partial charge in [-0.05, 0) is 54.4 Å². The summed E-state index contributed by atoms with van der Waals surface area (Å²) in [5.74, 6) is -0.927. The van der Waals surface area contributed by atoms with Gasteiger partial charge in [0.05, 0.1) is 11.8 Å². The highest BCUT2D eigenvalue weighted by Gasteiger charge is 2.53. The number of nitrogens with one attached hydrogen (secondary N) is 1. The topological polar surface area (TPSA) is 95.9 Å². The molecule has 2 fully saturated rings. The van der Waals surface area contributed by atoms with Gasteiger partial charge in [0, 0.05) is 25.0 Å². The molecule has 0 radical (unpaired) electrons. The van der Waals surface area contributed by atoms with Crippen LogP contribution in [-0.4, -0.2) is 53.7 Å². The summed E-state index contributed by atoms with van der Waals surface area (Å²) in [6.45, 7) is 1.04. The van der Waals surface area contributed by atoms with Gasteiger partial charge < -0.3 is 20.1 Å². The fourth-order valence-electron chi connectivity index (χ4n) is 5.49. The summed E-state index contributed by atoms with van der Waals surface area (Å²) in [4.78, 5) is 38.8. The molecule has 2 N–H and O–H groups in total. The molecule has 2 aliphatic carbocycles. The molecule has 0 unspecified atom stereocenters. The number of piperidine rings is 1. The smallest absolute Gasteiger partial charge is 0.407 e. The highest BCUT2D eigenvalue weighted by molar-refractivity contribution is 5.87. The summed E-state index contributed by atoms with van der Waals surface area (Å²) >= 11 is 0. The second kappa shape index (κ2) is 9.12. The number of hydrogen-bond donors (Lipinski definition) is 2. The molecule has 1 saturated heterocycles. The molecule has 5 rings (SSSR count). The normalized spacial score (nSPS) is 20.2. The number of rotatable bonds is 7. The predicted octanol–water partition coefficient (Wildman–Crippen LogP) is 4.16. The Hall–Kier alpha value is -3.35. The number of nitrogens with zero attached hydrogens (tertiary/aromatic N) is 1. The van der Waals surface area contributed by atoms with Crippen molar-refractivity contribution in [3.05, 3.63) is 59.7 Å². The maximum atomic E-state index is 13.3. The molecule has 1 aliphatic heterocycles. The van der Waals surface area contributed by atoms with E-state index in [1.807, 2.05) is 24.3 Å². The number of fused-ring (bicyclic) bond motifs is 3. The van der Waals surface area contributed by atoms with Crippen molar-refractivity contribution in [3.63, 3.8) is 0 Å². The van der Waals surface area contributed by atoms with Crippen molar-refractivity contribution in [1.82, 2.24) is 10.2 Å². The Kier molecular flexibility index (Phi) is 6.02. The van der Waals surface area contributed by atoms with Crippen molar-refractivity contribution >= 4 is 18.0 Å². The molecule has 0 aromatic heterocycles. The summed E-state index contributed by atoms with van der Waals surface area (Å²) < 4.78 is 5.61. The van der Waals surface area contributed by atoms with Crippen LogP contribution in [0.25, 0.3) is 11.1 Å². The van der Waals surface area contributed by atoms with Gasteiger partial charge in [-0.3, -0.25) is 9.59 Å². The molecule has 178 valence electrons. The second-order valence-electron chi connectivity index (χ2n) is 9.71. The molecule has 1 saturated carbocycles. The Morgan fingerprint density at radius 3 is 2.26 bits per heavy atom. The minimum absolute atomic E-state index is 0.0141. The van der Waals surface area contributed by atoms with Crippen LogP contribution < -0.4 is 5.32 Å². The fraction of sp³-hybridized carbons (Fsp3) is 0.444. The number of carboxylic acids is 1. The molecule has 2 amide bonds. The Morgan fingerprint density at radius 1 is 1.00 bits per heavy atom. The Balaban J connectivity index is 1.19. The summed E-state index contributed by atoms with van der Waals surface area (Å²) in [6.07, 6.45) is 3.39. The number of carbonyl (C=O) groups excluding carboxylic acids is 2. The number of hydrogen-bond acceptors (Lipinski definition) is 4. The number of aliphatic carboxylic acids is 1. The van der Waals surface area contributed by atoms with Gasteiger partial charge >= 0.3 is 12.1 Å². The number of carbonyl (C=O) groups is 3. The third-order valence-electron chi connectivity index (χ3n) is 7.52. The molecule has 7 heteroatoms. The monoisotopic (exact) mass is 462 g/mol. The molecule has 2 aromatic rings. The van der Waals surface area contributed by atoms with Gasteiger partial charge in [0.1, 0.15) is 6.61 Å². The van der Waals surface area contributed by atoms with Crippen molar-refractivity contribution in [1.29, 1.82) is 0 Å². The van der Waals surface area contributed by atoms with Gasteiger partial charge in [-0.2, -0.15) is 0 Å². The first kappa shape index (κ1) is 22.4. The first-order chi connectivity index (χ1) is 16.5. The lowest BCUT2D eigenvalue weighted by Crippen LogP contribution is -2.50. The van der Waals surface area contributed by atoms with Gasteiger partial charge in [-0.15, -0.1) is 0 Å². The third-order valence-corrected chi connectivity index (χ3v) is 7.52. The molecule has 7 nitrogen and oxygen atoms in total. The van der Waals surface area contributed by atoms with Crippen LogP contribution in [0, 0.1) is 5.41 Å². The first-order valence-electron chi connectivity index (χ1n) is 12.1. The fourth-order valence-corrected chi connectivity index (χ4v) is 5.49. The van der Waals surface area contributed by atoms with E-state index in [0.29, 0.717) is 25.8 Å². The third kappa shape index (κ3) is 4.27. The average molecular weight is 463 g/mol. The quantitative estimate of drug-likeness (QED) is 0.644. The molecule has 2 aromatic carbocycles. The van der Waals surface area contributed by atoms with E-state index in [1.165, 1.54) is 11.1 Å². The van der Waals surface area contributed by atoms with Crippen LogP contribution in [-0.2, 0) is 14.3 Å². The SMILES string of the molecule is O=C(O)C[C@@H]1CCCCN1C(=O)C1(CNC(=O)OCC2c3ccccc3-c3ccccc32)CC1. The number of carboxylic acid groups (broad SMARTS) is 1. The van der Waals surface area contributed by atoms with Crippen LogP contribution in [0.3, 0.4) is 0 Å². The molecule has 1 heterocycles. The van der Waals surface area contributed by atoms with E-state index in [9.17, 15) is 19.5 Å². The Morgan fingerprint density at radius 2 is 1.65 bits per heavy atom. The van der Waals surface area contributed by atoms with E-state index < -0.39 is 17.5 Å². The zero-order valence-electron chi connectivity index (χ0n) is 19.2. The van der Waals surface area contributed by atoms with Crippen LogP contribution in [0.1, 0.15) is 55.6 Å². The number of ether oxygens (including phenoxy) is 1. The lowest BCUT2D eigenvalue weighted by Gasteiger charge is -2.37. The summed E-state index contributed by atoms with van der Waals surface area (Å²) in [7, 11) is 0. The van der Waals surface area contributed by atoms with Crippen molar-refractivity contribution < 1.29 is 24.2 Å². The molecule has 1 atom stereocenters. The zero-order chi connectivity index (χ0) is 23.7. The van der Waals surface area contributed by atoms with Crippen molar-refractivity contribution in [2.75, 3.05) is 19.7 Å². The maximum absolute atomic E-state index is 13.3. The van der Waals surface area contributed by atoms with Crippen molar-refractivity contribution in [2.24, 2.45) is 5.41 Å². The van der Waals surface area contributed by atoms with E-state index in [2.05, 4.69) is 29.6 Å². The van der Waals surface area contributed by atoms with Crippen molar-refractivity contribution in [3.8, 4) is 11.1 Å². The van der Waals surface area contributed by atoms with E-state index in [0.717, 1.165) is 24.0 Å². The van der Waals surface area contributed by atoms with Crippen molar-refractivity contribution in [2.45, 2.75) is 50.5 Å². The lowest BCUT2D eigenvalue weighted by molar-refractivity contribution is -0.144. The van der Waals surface area contributed by atoms with Crippen LogP contribution in [0.2, 0.25) is 0 Å². The first-order valence-corrected chi connectivity index (χ1v) is 12.1. The van der Waals surface area contributed by atoms with Gasteiger partial charge in [-0.25, -0.2) is 4.79 Å². The standard InChI is InChI=1S/C27H30N2O5/c30-24(31)15-18-7-5-6-14-29(18)25(32)27(12-13-27)17-28-26(33)34-16-23-21-10-3-1-8-19(21)20-9-2-4-11-22(20)23/h1-4,8-11,18,23H,5-7,12-17H2,(H,28,33)(H,30,31)/t18-/m0/s1. The van der Waals surface area contributed by atoms with Crippen LogP contribution >= 0.6 is 0 Å². The largest absolute Gasteiger partial charge is 0.481 e. The van der Waals surface area contributed by atoms with Gasteiger partial charge in [0.15, 0.2) is 0 Å². The Labute approximate surface area is 199 Å². The van der Waals surface area contributed by atoms with Crippen LogP contribution in [0.15, 0.2) is 48.5 Å². The van der Waals surface area contributed by atoms with Gasteiger partial charge in [0.2, 0.25) is 5.91 Å². The zero-order valence-corrected chi connectivity index (χ0v) is 19.2. The second-order valence-corrected chi connectivity index (χ2v) is 9.71. The Bertz CT molecular complexity index is 1060. The van der Waals surface area contributed by atoms with E-state index in [-0.39, 0.29) is 37.4 Å². The van der Waals surface area contributed by atoms with E-state index in [1.54, 1.807) is 4.90 Å². The molecule has 34 heavy (non-hydrogen) atoms. The molecular formula is C27H30N2O5. The molecule has 0 spiro atoms.